The molecule has 0 bridgehead atoms. The van der Waals surface area contributed by atoms with Gasteiger partial charge in [0.25, 0.3) is 0 Å². The average molecular weight is 282 g/mol. The van der Waals surface area contributed by atoms with Gasteiger partial charge in [-0.1, -0.05) is 6.07 Å². The molecule has 1 radical (unpaired) electrons. The van der Waals surface area contributed by atoms with Crippen LogP contribution in [-0.4, -0.2) is 39.2 Å². The fourth-order valence-corrected chi connectivity index (χ4v) is 2.02. The molecule has 0 aromatic carbocycles. The largest absolute Gasteiger partial charge is 0.427 e. The molecule has 0 saturated carbocycles. The van der Waals surface area contributed by atoms with E-state index in [-0.39, 0.29) is 0 Å². The number of hydrogen-bond donors (Lipinski definition) is 1. The summed E-state index contributed by atoms with van der Waals surface area (Å²) in [6.07, 6.45) is 3.22. The summed E-state index contributed by atoms with van der Waals surface area (Å²) in [6.45, 7) is 8.90. The van der Waals surface area contributed by atoms with Crippen molar-refractivity contribution in [3.05, 3.63) is 17.8 Å². The van der Waals surface area contributed by atoms with Gasteiger partial charge in [-0.05, 0) is 45.6 Å². The minimum atomic E-state index is -1.09. The topological polar surface area (TPSA) is 59.4 Å². The Balaban J connectivity index is 2.80. The third-order valence-corrected chi connectivity index (χ3v) is 4.26. The van der Waals surface area contributed by atoms with E-state index in [4.69, 9.17) is 4.65 Å². The molecule has 1 unspecified atom stereocenters. The lowest BCUT2D eigenvalue weighted by Gasteiger charge is -2.37. The number of aliphatic hydroxyl groups is 1. The van der Waals surface area contributed by atoms with Gasteiger partial charge in [0.15, 0.2) is 0 Å². The number of aryl methyl sites for hydroxylation is 1. The summed E-state index contributed by atoms with van der Waals surface area (Å²) in [5.74, 6) is 0. The molecule has 0 aliphatic heterocycles. The molecule has 1 aromatic rings. The maximum Gasteiger partial charge on any atom is 0.332 e. The maximum absolute atomic E-state index is 11.4. The van der Waals surface area contributed by atoms with E-state index in [1.807, 2.05) is 26.8 Å². The number of aromatic nitrogens is 1. The smallest absolute Gasteiger partial charge is 0.332 e. The standard InChI is InChI=1S/C13H21BNO3S/c1-9-7-10(8-15-11(9)19(6)17)14-18-13(4,5)12(2,3)16/h7-8,16H,1-6H3. The first-order valence-electron chi connectivity index (χ1n) is 6.08. The Morgan fingerprint density at radius 2 is 1.95 bits per heavy atom. The van der Waals surface area contributed by atoms with Crippen LogP contribution in [0.15, 0.2) is 17.3 Å². The molecule has 1 aromatic heterocycles. The lowest BCUT2D eigenvalue weighted by atomic mass is 9.83. The van der Waals surface area contributed by atoms with Gasteiger partial charge in [0.2, 0.25) is 0 Å². The lowest BCUT2D eigenvalue weighted by molar-refractivity contribution is -0.0893. The van der Waals surface area contributed by atoms with Crippen LogP contribution in [0.5, 0.6) is 0 Å². The van der Waals surface area contributed by atoms with Crippen molar-refractivity contribution < 1.29 is 14.0 Å². The molecule has 105 valence electrons. The van der Waals surface area contributed by atoms with E-state index >= 15 is 0 Å². The van der Waals surface area contributed by atoms with Crippen LogP contribution < -0.4 is 5.46 Å². The minimum Gasteiger partial charge on any atom is -0.427 e. The molecular formula is C13H21BNO3S. The number of hydrogen-bond acceptors (Lipinski definition) is 4. The second-order valence-corrected chi connectivity index (χ2v) is 6.94. The summed E-state index contributed by atoms with van der Waals surface area (Å²) in [4.78, 5) is 4.17. The monoisotopic (exact) mass is 282 g/mol. The highest BCUT2D eigenvalue weighted by Gasteiger charge is 2.35. The predicted molar refractivity (Wildman–Crippen MR) is 78.2 cm³/mol. The zero-order valence-electron chi connectivity index (χ0n) is 12.4. The molecule has 0 saturated heterocycles. The quantitative estimate of drug-likeness (QED) is 0.816. The number of pyridine rings is 1. The van der Waals surface area contributed by atoms with Crippen molar-refractivity contribution in [3.63, 3.8) is 0 Å². The Morgan fingerprint density at radius 1 is 1.37 bits per heavy atom. The van der Waals surface area contributed by atoms with Crippen molar-refractivity contribution in [2.75, 3.05) is 6.26 Å². The Bertz CT molecular complexity index is 483. The van der Waals surface area contributed by atoms with Gasteiger partial charge in [0.05, 0.1) is 22.0 Å². The van der Waals surface area contributed by atoms with Gasteiger partial charge in [0, 0.05) is 12.5 Å². The minimum absolute atomic E-state index is 0.582. The molecule has 1 rings (SSSR count). The van der Waals surface area contributed by atoms with E-state index in [2.05, 4.69) is 4.98 Å². The third-order valence-electron chi connectivity index (χ3n) is 3.29. The van der Waals surface area contributed by atoms with Crippen molar-refractivity contribution in [2.45, 2.75) is 50.8 Å². The van der Waals surface area contributed by atoms with Crippen LogP contribution in [-0.2, 0) is 15.5 Å². The summed E-state index contributed by atoms with van der Waals surface area (Å²) in [7, 11) is 0.480. The number of rotatable bonds is 5. The van der Waals surface area contributed by atoms with E-state index in [0.717, 1.165) is 11.0 Å². The first kappa shape index (κ1) is 16.3. The predicted octanol–water partition coefficient (Wildman–Crippen LogP) is 0.938. The first-order chi connectivity index (χ1) is 8.54. The van der Waals surface area contributed by atoms with Crippen molar-refractivity contribution in [2.24, 2.45) is 0 Å². The van der Waals surface area contributed by atoms with Gasteiger partial charge in [-0.15, -0.1) is 0 Å². The van der Waals surface area contributed by atoms with Crippen LogP contribution >= 0.6 is 0 Å². The van der Waals surface area contributed by atoms with Crippen LogP contribution in [0.1, 0.15) is 33.3 Å². The van der Waals surface area contributed by atoms with Gasteiger partial charge in [-0.3, -0.25) is 4.21 Å². The molecule has 6 heteroatoms. The highest BCUT2D eigenvalue weighted by atomic mass is 32.2. The van der Waals surface area contributed by atoms with Crippen molar-refractivity contribution in [1.82, 2.24) is 4.98 Å². The first-order valence-corrected chi connectivity index (χ1v) is 7.64. The van der Waals surface area contributed by atoms with E-state index in [1.165, 1.54) is 0 Å². The van der Waals surface area contributed by atoms with Gasteiger partial charge in [0.1, 0.15) is 5.03 Å². The molecule has 0 aliphatic rings. The third kappa shape index (κ3) is 4.13. The lowest BCUT2D eigenvalue weighted by Crippen LogP contribution is -2.49. The Kier molecular flexibility index (Phi) is 4.93. The summed E-state index contributed by atoms with van der Waals surface area (Å²) in [5, 5.41) is 10.6. The summed E-state index contributed by atoms with van der Waals surface area (Å²) in [5.41, 5.74) is -0.0347. The van der Waals surface area contributed by atoms with E-state index in [1.54, 1.807) is 33.8 Å². The Morgan fingerprint density at radius 3 is 2.37 bits per heavy atom. The van der Waals surface area contributed by atoms with Crippen molar-refractivity contribution in [3.8, 4) is 0 Å². The normalized spacial score (nSPS) is 14.3. The molecular weight excluding hydrogens is 261 g/mol. The molecule has 0 fully saturated rings. The molecule has 19 heavy (non-hydrogen) atoms. The fraction of sp³-hybridized carbons (Fsp3) is 0.615. The van der Waals surface area contributed by atoms with Crippen LogP contribution in [0.4, 0.5) is 0 Å². The molecule has 0 amide bonds. The SMILES string of the molecule is Cc1cc([B]OC(C)(C)C(C)(C)O)cnc1S(C)=O. The van der Waals surface area contributed by atoms with Crippen molar-refractivity contribution >= 4 is 23.7 Å². The fourth-order valence-electron chi connectivity index (χ4n) is 1.31. The summed E-state index contributed by atoms with van der Waals surface area (Å²) in [6, 6.07) is 1.87. The summed E-state index contributed by atoms with van der Waals surface area (Å²) < 4.78 is 17.0. The van der Waals surface area contributed by atoms with Crippen LogP contribution in [0.3, 0.4) is 0 Å². The number of nitrogens with zero attached hydrogens (tertiary/aromatic N) is 1. The zero-order valence-corrected chi connectivity index (χ0v) is 13.2. The molecule has 1 atom stereocenters. The molecule has 0 aliphatic carbocycles. The highest BCUT2D eigenvalue weighted by Crippen LogP contribution is 2.24. The highest BCUT2D eigenvalue weighted by molar-refractivity contribution is 7.84. The van der Waals surface area contributed by atoms with Gasteiger partial charge < -0.3 is 9.76 Å². The molecule has 1 N–H and O–H groups in total. The second-order valence-electron chi connectivity index (χ2n) is 5.65. The van der Waals surface area contributed by atoms with E-state index in [0.29, 0.717) is 5.03 Å². The molecule has 0 spiro atoms. The molecule has 4 nitrogen and oxygen atoms in total. The second kappa shape index (κ2) is 5.73. The molecule has 1 heterocycles. The zero-order chi connectivity index (χ0) is 14.8. The average Bonchev–Trinajstić information content (AvgIpc) is 2.24. The van der Waals surface area contributed by atoms with Crippen LogP contribution in [0.2, 0.25) is 0 Å². The van der Waals surface area contributed by atoms with Gasteiger partial charge >= 0.3 is 7.48 Å². The van der Waals surface area contributed by atoms with E-state index < -0.39 is 22.0 Å². The maximum atomic E-state index is 11.4. The van der Waals surface area contributed by atoms with Crippen LogP contribution in [0, 0.1) is 6.92 Å². The van der Waals surface area contributed by atoms with Gasteiger partial charge in [-0.25, -0.2) is 4.98 Å². The Labute approximate surface area is 118 Å². The van der Waals surface area contributed by atoms with E-state index in [9.17, 15) is 9.32 Å². The van der Waals surface area contributed by atoms with Crippen LogP contribution in [0.25, 0.3) is 0 Å². The van der Waals surface area contributed by atoms with Crippen molar-refractivity contribution in [1.29, 1.82) is 0 Å². The summed E-state index contributed by atoms with van der Waals surface area (Å²) >= 11 is 0. The van der Waals surface area contributed by atoms with Gasteiger partial charge in [-0.2, -0.15) is 0 Å². The Hall–Kier alpha value is -0.715.